The molecule has 3 aromatic rings. The SMILES string of the molecule is CC[C@@H](C)NC(=O)CCc1nc(-c2cccc3ccccc23)no1. The minimum Gasteiger partial charge on any atom is -0.354 e. The molecular formula is C19H21N3O2. The van der Waals surface area contributed by atoms with Crippen molar-refractivity contribution in [2.75, 3.05) is 0 Å². The Bertz CT molecular complexity index is 836. The largest absolute Gasteiger partial charge is 0.354 e. The summed E-state index contributed by atoms with van der Waals surface area (Å²) in [6, 6.07) is 14.3. The van der Waals surface area contributed by atoms with Crippen molar-refractivity contribution in [1.29, 1.82) is 0 Å². The van der Waals surface area contributed by atoms with Crippen LogP contribution in [0.4, 0.5) is 0 Å². The molecule has 1 heterocycles. The van der Waals surface area contributed by atoms with Gasteiger partial charge in [0, 0.05) is 24.4 Å². The Balaban J connectivity index is 1.72. The predicted molar refractivity (Wildman–Crippen MR) is 93.5 cm³/mol. The van der Waals surface area contributed by atoms with Crippen molar-refractivity contribution in [3.8, 4) is 11.4 Å². The van der Waals surface area contributed by atoms with Crippen LogP contribution in [0.3, 0.4) is 0 Å². The molecule has 1 amide bonds. The summed E-state index contributed by atoms with van der Waals surface area (Å²) in [6.45, 7) is 4.03. The third kappa shape index (κ3) is 3.62. The molecular weight excluding hydrogens is 302 g/mol. The number of hydrogen-bond donors (Lipinski definition) is 1. The van der Waals surface area contributed by atoms with Crippen LogP contribution >= 0.6 is 0 Å². The van der Waals surface area contributed by atoms with Gasteiger partial charge in [-0.3, -0.25) is 4.79 Å². The van der Waals surface area contributed by atoms with E-state index >= 15 is 0 Å². The van der Waals surface area contributed by atoms with Gasteiger partial charge in [-0.2, -0.15) is 4.98 Å². The maximum absolute atomic E-state index is 11.8. The topological polar surface area (TPSA) is 68.0 Å². The number of nitrogens with one attached hydrogen (secondary N) is 1. The number of rotatable bonds is 6. The maximum Gasteiger partial charge on any atom is 0.227 e. The second kappa shape index (κ2) is 7.25. The Morgan fingerprint density at radius 2 is 2.00 bits per heavy atom. The molecule has 0 bridgehead atoms. The summed E-state index contributed by atoms with van der Waals surface area (Å²) in [7, 11) is 0. The zero-order valence-electron chi connectivity index (χ0n) is 14.0. The van der Waals surface area contributed by atoms with E-state index in [0.29, 0.717) is 24.6 Å². The van der Waals surface area contributed by atoms with Crippen molar-refractivity contribution in [3.63, 3.8) is 0 Å². The van der Waals surface area contributed by atoms with Crippen LogP contribution in [0.5, 0.6) is 0 Å². The summed E-state index contributed by atoms with van der Waals surface area (Å²) in [6.07, 6.45) is 1.71. The fraction of sp³-hybridized carbons (Fsp3) is 0.316. The van der Waals surface area contributed by atoms with Crippen LogP contribution in [0.1, 0.15) is 32.6 Å². The lowest BCUT2D eigenvalue weighted by Crippen LogP contribution is -2.32. The van der Waals surface area contributed by atoms with Crippen LogP contribution in [0, 0.1) is 0 Å². The van der Waals surface area contributed by atoms with Gasteiger partial charge in [0.1, 0.15) is 0 Å². The van der Waals surface area contributed by atoms with Gasteiger partial charge in [-0.25, -0.2) is 0 Å². The molecule has 0 fully saturated rings. The second-order valence-corrected chi connectivity index (χ2v) is 5.92. The van der Waals surface area contributed by atoms with Gasteiger partial charge in [0.2, 0.25) is 17.6 Å². The van der Waals surface area contributed by atoms with Crippen molar-refractivity contribution in [2.45, 2.75) is 39.2 Å². The molecule has 2 aromatic carbocycles. The fourth-order valence-corrected chi connectivity index (χ4v) is 2.56. The van der Waals surface area contributed by atoms with Gasteiger partial charge in [0.05, 0.1) is 0 Å². The molecule has 0 saturated heterocycles. The molecule has 0 radical (unpaired) electrons. The van der Waals surface area contributed by atoms with Gasteiger partial charge in [0.25, 0.3) is 0 Å². The summed E-state index contributed by atoms with van der Waals surface area (Å²) < 4.78 is 5.31. The Kier molecular flexibility index (Phi) is 4.89. The summed E-state index contributed by atoms with van der Waals surface area (Å²) >= 11 is 0. The number of aromatic nitrogens is 2. The summed E-state index contributed by atoms with van der Waals surface area (Å²) in [5.74, 6) is 1.05. The minimum atomic E-state index is 0.00857. The number of fused-ring (bicyclic) bond motifs is 1. The molecule has 5 heteroatoms. The van der Waals surface area contributed by atoms with Gasteiger partial charge in [-0.05, 0) is 24.1 Å². The van der Waals surface area contributed by atoms with Crippen LogP contribution in [-0.4, -0.2) is 22.1 Å². The van der Waals surface area contributed by atoms with Crippen LogP contribution < -0.4 is 5.32 Å². The molecule has 1 N–H and O–H groups in total. The summed E-state index contributed by atoms with van der Waals surface area (Å²) in [5, 5.41) is 9.23. The number of nitrogens with zero attached hydrogens (tertiary/aromatic N) is 2. The lowest BCUT2D eigenvalue weighted by molar-refractivity contribution is -0.121. The predicted octanol–water partition coefficient (Wildman–Crippen LogP) is 3.74. The van der Waals surface area contributed by atoms with E-state index in [1.54, 1.807) is 0 Å². The normalized spacial score (nSPS) is 12.2. The van der Waals surface area contributed by atoms with Crippen molar-refractivity contribution in [3.05, 3.63) is 48.4 Å². The molecule has 0 aliphatic heterocycles. The van der Waals surface area contributed by atoms with Gasteiger partial charge in [-0.1, -0.05) is 54.5 Å². The highest BCUT2D eigenvalue weighted by Gasteiger charge is 2.13. The highest BCUT2D eigenvalue weighted by Crippen LogP contribution is 2.26. The molecule has 0 aliphatic carbocycles. The quantitative estimate of drug-likeness (QED) is 0.750. The minimum absolute atomic E-state index is 0.00857. The number of benzene rings is 2. The molecule has 24 heavy (non-hydrogen) atoms. The van der Waals surface area contributed by atoms with E-state index in [1.807, 2.05) is 44.2 Å². The first-order valence-corrected chi connectivity index (χ1v) is 8.27. The zero-order valence-corrected chi connectivity index (χ0v) is 14.0. The first-order chi connectivity index (χ1) is 11.7. The molecule has 5 nitrogen and oxygen atoms in total. The van der Waals surface area contributed by atoms with Crippen LogP contribution in [0.15, 0.2) is 47.0 Å². The molecule has 3 rings (SSSR count). The third-order valence-electron chi connectivity index (χ3n) is 4.08. The molecule has 0 aliphatic rings. The maximum atomic E-state index is 11.8. The smallest absolute Gasteiger partial charge is 0.227 e. The Morgan fingerprint density at radius 1 is 1.21 bits per heavy atom. The average molecular weight is 323 g/mol. The second-order valence-electron chi connectivity index (χ2n) is 5.92. The highest BCUT2D eigenvalue weighted by atomic mass is 16.5. The first-order valence-electron chi connectivity index (χ1n) is 8.27. The summed E-state index contributed by atoms with van der Waals surface area (Å²) in [5.41, 5.74) is 0.937. The number of amides is 1. The Labute approximate surface area is 141 Å². The van der Waals surface area contributed by atoms with Crippen LogP contribution in [-0.2, 0) is 11.2 Å². The fourth-order valence-electron chi connectivity index (χ4n) is 2.56. The highest BCUT2D eigenvalue weighted by molar-refractivity contribution is 5.94. The number of hydrogen-bond acceptors (Lipinski definition) is 4. The zero-order chi connectivity index (χ0) is 16.9. The molecule has 0 spiro atoms. The Hall–Kier alpha value is -2.69. The van der Waals surface area contributed by atoms with E-state index in [4.69, 9.17) is 4.52 Å². The Morgan fingerprint density at radius 3 is 2.83 bits per heavy atom. The van der Waals surface area contributed by atoms with E-state index in [2.05, 4.69) is 27.6 Å². The van der Waals surface area contributed by atoms with E-state index in [1.165, 1.54) is 0 Å². The van der Waals surface area contributed by atoms with Gasteiger partial charge in [-0.15, -0.1) is 0 Å². The van der Waals surface area contributed by atoms with E-state index < -0.39 is 0 Å². The van der Waals surface area contributed by atoms with Crippen LogP contribution in [0.2, 0.25) is 0 Å². The van der Waals surface area contributed by atoms with Gasteiger partial charge >= 0.3 is 0 Å². The lowest BCUT2D eigenvalue weighted by Gasteiger charge is -2.10. The van der Waals surface area contributed by atoms with Crippen molar-refractivity contribution in [1.82, 2.24) is 15.5 Å². The molecule has 1 atom stereocenters. The average Bonchev–Trinajstić information content (AvgIpc) is 3.08. The van der Waals surface area contributed by atoms with E-state index in [9.17, 15) is 4.79 Å². The number of carbonyl (C=O) groups excluding carboxylic acids is 1. The van der Waals surface area contributed by atoms with Crippen LogP contribution in [0.25, 0.3) is 22.2 Å². The standard InChI is InChI=1S/C19H21N3O2/c1-3-13(2)20-17(23)11-12-18-21-19(22-24-18)16-10-6-8-14-7-4-5-9-15(14)16/h4-10,13H,3,11-12H2,1-2H3,(H,20,23)/t13-/m1/s1. The lowest BCUT2D eigenvalue weighted by atomic mass is 10.0. The number of carbonyl (C=O) groups is 1. The van der Waals surface area contributed by atoms with E-state index in [-0.39, 0.29) is 11.9 Å². The third-order valence-corrected chi connectivity index (χ3v) is 4.08. The molecule has 0 saturated carbocycles. The molecule has 1 aromatic heterocycles. The first kappa shape index (κ1) is 16.2. The van der Waals surface area contributed by atoms with Crippen molar-refractivity contribution < 1.29 is 9.32 Å². The van der Waals surface area contributed by atoms with Crippen molar-refractivity contribution in [2.24, 2.45) is 0 Å². The molecule has 124 valence electrons. The van der Waals surface area contributed by atoms with E-state index in [0.717, 1.165) is 22.8 Å². The molecule has 0 unspecified atom stereocenters. The number of aryl methyl sites for hydroxylation is 1. The van der Waals surface area contributed by atoms with Crippen molar-refractivity contribution >= 4 is 16.7 Å². The summed E-state index contributed by atoms with van der Waals surface area (Å²) in [4.78, 5) is 16.3. The monoisotopic (exact) mass is 323 g/mol. The van der Waals surface area contributed by atoms with Gasteiger partial charge < -0.3 is 9.84 Å². The van der Waals surface area contributed by atoms with Gasteiger partial charge in [0.15, 0.2) is 0 Å².